The van der Waals surface area contributed by atoms with Crippen LogP contribution in [-0.2, 0) is 9.47 Å². The van der Waals surface area contributed by atoms with E-state index in [0.29, 0.717) is 11.8 Å². The van der Waals surface area contributed by atoms with E-state index in [1.165, 1.54) is 0 Å². The first-order valence-electron chi connectivity index (χ1n) is 8.45. The number of hydrogen-bond donors (Lipinski definition) is 4. The van der Waals surface area contributed by atoms with Crippen LogP contribution in [-0.4, -0.2) is 62.2 Å². The molecule has 6 nitrogen and oxygen atoms in total. The standard InChI is InChI=1S/C16H34N2O4/c1-5-13(21-4)12(15-16(17-3)22-15)7-6-11(2)8-9-18-10-14(19)20/h11-20H,5-10H2,1-4H3. The van der Waals surface area contributed by atoms with Gasteiger partial charge in [-0.3, -0.25) is 5.32 Å². The van der Waals surface area contributed by atoms with E-state index in [0.717, 1.165) is 32.2 Å². The second-order valence-corrected chi connectivity index (χ2v) is 6.31. The third-order valence-corrected chi connectivity index (χ3v) is 4.55. The number of rotatable bonds is 13. The van der Waals surface area contributed by atoms with Gasteiger partial charge >= 0.3 is 0 Å². The van der Waals surface area contributed by atoms with Gasteiger partial charge in [-0.15, -0.1) is 0 Å². The van der Waals surface area contributed by atoms with E-state index >= 15 is 0 Å². The lowest BCUT2D eigenvalue weighted by atomic mass is 9.87. The number of aliphatic hydroxyl groups is 2. The monoisotopic (exact) mass is 318 g/mol. The lowest BCUT2D eigenvalue weighted by molar-refractivity contribution is -0.0372. The van der Waals surface area contributed by atoms with Crippen molar-refractivity contribution in [2.45, 2.75) is 64.3 Å². The Labute approximate surface area is 134 Å². The average Bonchev–Trinajstić information content (AvgIpc) is 3.27. The highest BCUT2D eigenvalue weighted by Crippen LogP contribution is 2.35. The molecule has 0 aromatic rings. The minimum atomic E-state index is -1.27. The summed E-state index contributed by atoms with van der Waals surface area (Å²) in [5.74, 6) is 1.02. The fraction of sp³-hybridized carbons (Fsp3) is 1.00. The quantitative estimate of drug-likeness (QED) is 0.227. The second kappa shape index (κ2) is 10.5. The third kappa shape index (κ3) is 6.89. The molecule has 1 fully saturated rings. The SMILES string of the molecule is CCC(OC)C(CCC(C)CCNCC(O)O)C1OC1NC. The van der Waals surface area contributed by atoms with E-state index in [1.54, 1.807) is 7.11 Å². The van der Waals surface area contributed by atoms with Crippen LogP contribution in [0.4, 0.5) is 0 Å². The van der Waals surface area contributed by atoms with Crippen LogP contribution >= 0.6 is 0 Å². The first-order chi connectivity index (χ1) is 10.5. The lowest BCUT2D eigenvalue weighted by Crippen LogP contribution is -2.31. The van der Waals surface area contributed by atoms with Gasteiger partial charge in [0.05, 0.1) is 6.10 Å². The Morgan fingerprint density at radius 2 is 1.95 bits per heavy atom. The lowest BCUT2D eigenvalue weighted by Gasteiger charge is -2.25. The Hall–Kier alpha value is -0.240. The summed E-state index contributed by atoms with van der Waals surface area (Å²) in [6.07, 6.45) is 3.69. The molecule has 1 aliphatic heterocycles. The molecule has 0 bridgehead atoms. The first kappa shape index (κ1) is 19.8. The predicted molar refractivity (Wildman–Crippen MR) is 86.4 cm³/mol. The molecule has 0 amide bonds. The number of hydrogen-bond acceptors (Lipinski definition) is 6. The summed E-state index contributed by atoms with van der Waals surface area (Å²) in [7, 11) is 3.71. The van der Waals surface area contributed by atoms with Crippen LogP contribution in [0.1, 0.15) is 39.5 Å². The maximum Gasteiger partial charge on any atom is 0.164 e. The molecule has 1 saturated heterocycles. The zero-order chi connectivity index (χ0) is 16.5. The summed E-state index contributed by atoms with van der Waals surface area (Å²) in [5.41, 5.74) is 0. The molecule has 0 aromatic carbocycles. The van der Waals surface area contributed by atoms with Gasteiger partial charge in [0.2, 0.25) is 0 Å². The van der Waals surface area contributed by atoms with Gasteiger partial charge in [0, 0.05) is 19.6 Å². The molecular weight excluding hydrogens is 284 g/mol. The maximum atomic E-state index is 8.78. The van der Waals surface area contributed by atoms with Gasteiger partial charge < -0.3 is 25.0 Å². The van der Waals surface area contributed by atoms with Gasteiger partial charge in [-0.25, -0.2) is 0 Å². The van der Waals surface area contributed by atoms with Crippen LogP contribution in [0.2, 0.25) is 0 Å². The van der Waals surface area contributed by atoms with Gasteiger partial charge in [0.1, 0.15) is 12.3 Å². The number of methoxy groups -OCH3 is 1. The fourth-order valence-corrected chi connectivity index (χ4v) is 3.09. The highest BCUT2D eigenvalue weighted by atomic mass is 16.6. The molecule has 0 aliphatic carbocycles. The topological polar surface area (TPSA) is 86.3 Å². The molecule has 0 spiro atoms. The summed E-state index contributed by atoms with van der Waals surface area (Å²) >= 11 is 0. The summed E-state index contributed by atoms with van der Waals surface area (Å²) < 4.78 is 11.3. The van der Waals surface area contributed by atoms with Crippen molar-refractivity contribution in [2.24, 2.45) is 11.8 Å². The van der Waals surface area contributed by atoms with Crippen molar-refractivity contribution in [3.05, 3.63) is 0 Å². The molecule has 132 valence electrons. The van der Waals surface area contributed by atoms with Crippen LogP contribution in [0, 0.1) is 11.8 Å². The van der Waals surface area contributed by atoms with Crippen LogP contribution in [0.15, 0.2) is 0 Å². The van der Waals surface area contributed by atoms with E-state index in [9.17, 15) is 0 Å². The molecule has 5 atom stereocenters. The van der Waals surface area contributed by atoms with Crippen molar-refractivity contribution in [3.8, 4) is 0 Å². The summed E-state index contributed by atoms with van der Waals surface area (Å²) in [6.45, 7) is 5.44. The van der Waals surface area contributed by atoms with Crippen LogP contribution < -0.4 is 10.6 Å². The second-order valence-electron chi connectivity index (χ2n) is 6.31. The Morgan fingerprint density at radius 3 is 2.45 bits per heavy atom. The summed E-state index contributed by atoms with van der Waals surface area (Å²) in [4.78, 5) is 0. The van der Waals surface area contributed by atoms with Crippen LogP contribution in [0.3, 0.4) is 0 Å². The summed E-state index contributed by atoms with van der Waals surface area (Å²) in [5, 5.41) is 23.8. The molecule has 1 rings (SSSR count). The molecule has 4 N–H and O–H groups in total. The van der Waals surface area contributed by atoms with Gasteiger partial charge in [-0.2, -0.15) is 0 Å². The average molecular weight is 318 g/mol. The normalized spacial score (nSPS) is 25.2. The largest absolute Gasteiger partial charge is 0.381 e. The Morgan fingerprint density at radius 1 is 1.23 bits per heavy atom. The van der Waals surface area contributed by atoms with E-state index < -0.39 is 6.29 Å². The minimum Gasteiger partial charge on any atom is -0.381 e. The van der Waals surface area contributed by atoms with Crippen molar-refractivity contribution < 1.29 is 19.7 Å². The molecule has 1 aliphatic rings. The smallest absolute Gasteiger partial charge is 0.164 e. The van der Waals surface area contributed by atoms with Crippen LogP contribution in [0.25, 0.3) is 0 Å². The Bertz CT molecular complexity index is 287. The zero-order valence-electron chi connectivity index (χ0n) is 14.4. The van der Waals surface area contributed by atoms with Crippen molar-refractivity contribution >= 4 is 0 Å². The summed E-state index contributed by atoms with van der Waals surface area (Å²) in [6, 6.07) is 0. The van der Waals surface area contributed by atoms with E-state index in [4.69, 9.17) is 19.7 Å². The fourth-order valence-electron chi connectivity index (χ4n) is 3.09. The van der Waals surface area contributed by atoms with Gasteiger partial charge in [-0.1, -0.05) is 20.3 Å². The van der Waals surface area contributed by atoms with Gasteiger partial charge in [0.25, 0.3) is 0 Å². The first-order valence-corrected chi connectivity index (χ1v) is 8.45. The van der Waals surface area contributed by atoms with E-state index in [2.05, 4.69) is 24.5 Å². The molecule has 0 radical (unpaired) electrons. The predicted octanol–water partition coefficient (Wildman–Crippen LogP) is 0.679. The van der Waals surface area contributed by atoms with Gasteiger partial charge in [0.15, 0.2) is 6.29 Å². The van der Waals surface area contributed by atoms with E-state index in [-0.39, 0.29) is 25.0 Å². The van der Waals surface area contributed by atoms with Crippen LogP contribution in [0.5, 0.6) is 0 Å². The van der Waals surface area contributed by atoms with Crippen molar-refractivity contribution in [1.29, 1.82) is 0 Å². The molecular formula is C16H34N2O4. The number of likely N-dealkylation sites (N-methyl/N-ethyl adjacent to an activating group) is 1. The van der Waals surface area contributed by atoms with E-state index in [1.807, 2.05) is 7.05 Å². The Balaban J connectivity index is 2.30. The van der Waals surface area contributed by atoms with Crippen molar-refractivity contribution in [3.63, 3.8) is 0 Å². The number of ether oxygens (including phenoxy) is 2. The molecule has 0 saturated carbocycles. The minimum absolute atomic E-state index is 0.178. The Kier molecular flexibility index (Phi) is 9.47. The van der Waals surface area contributed by atoms with Crippen molar-refractivity contribution in [1.82, 2.24) is 10.6 Å². The molecule has 6 heteroatoms. The molecule has 22 heavy (non-hydrogen) atoms. The number of epoxide rings is 1. The number of aliphatic hydroxyl groups excluding tert-OH is 1. The molecule has 5 unspecified atom stereocenters. The van der Waals surface area contributed by atoms with Gasteiger partial charge in [-0.05, 0) is 38.8 Å². The highest BCUT2D eigenvalue weighted by molar-refractivity contribution is 4.91. The molecule has 1 heterocycles. The highest BCUT2D eigenvalue weighted by Gasteiger charge is 2.46. The number of nitrogens with one attached hydrogen (secondary N) is 2. The molecule has 0 aromatic heterocycles. The maximum absolute atomic E-state index is 8.78. The zero-order valence-corrected chi connectivity index (χ0v) is 14.4. The van der Waals surface area contributed by atoms with Crippen molar-refractivity contribution in [2.75, 3.05) is 27.2 Å². The third-order valence-electron chi connectivity index (χ3n) is 4.55.